The van der Waals surface area contributed by atoms with Gasteiger partial charge >= 0.3 is 0 Å². The Morgan fingerprint density at radius 2 is 1.35 bits per heavy atom. The highest BCUT2D eigenvalue weighted by molar-refractivity contribution is 4.65. The Labute approximate surface area is 110 Å². The van der Waals surface area contributed by atoms with Crippen molar-refractivity contribution in [1.29, 1.82) is 0 Å². The molecular weight excluding hydrogens is 204 g/mol. The highest BCUT2D eigenvalue weighted by Crippen LogP contribution is 2.17. The molecule has 0 heterocycles. The zero-order valence-electron chi connectivity index (χ0n) is 12.3. The van der Waals surface area contributed by atoms with Crippen LogP contribution in [-0.4, -0.2) is 0 Å². The van der Waals surface area contributed by atoms with E-state index in [9.17, 15) is 0 Å². The molecule has 17 heavy (non-hydrogen) atoms. The van der Waals surface area contributed by atoms with Crippen molar-refractivity contribution >= 4 is 0 Å². The van der Waals surface area contributed by atoms with E-state index in [-0.39, 0.29) is 0 Å². The molecule has 0 aliphatic rings. The van der Waals surface area contributed by atoms with Gasteiger partial charge in [0.15, 0.2) is 0 Å². The molecule has 0 aliphatic heterocycles. The van der Waals surface area contributed by atoms with E-state index >= 15 is 0 Å². The Morgan fingerprint density at radius 3 is 1.94 bits per heavy atom. The van der Waals surface area contributed by atoms with Crippen LogP contribution in [0.1, 0.15) is 90.9 Å². The fraction of sp³-hybridized carbons (Fsp3) is 0.882. The number of rotatable bonds is 13. The van der Waals surface area contributed by atoms with Gasteiger partial charge in [-0.3, -0.25) is 0 Å². The zero-order chi connectivity index (χ0) is 12.8. The molecule has 0 amide bonds. The molecule has 1 unspecified atom stereocenters. The molecule has 0 rings (SSSR count). The van der Waals surface area contributed by atoms with Crippen molar-refractivity contribution in [2.75, 3.05) is 0 Å². The molecular formula is C17H34. The summed E-state index contributed by atoms with van der Waals surface area (Å²) in [5, 5.41) is 0. The summed E-state index contributed by atoms with van der Waals surface area (Å²) in [6, 6.07) is 0. The van der Waals surface area contributed by atoms with E-state index < -0.39 is 0 Å². The Bertz CT molecular complexity index is 148. The van der Waals surface area contributed by atoms with Crippen LogP contribution in [0.4, 0.5) is 0 Å². The largest absolute Gasteiger partial charge is 0.103 e. The van der Waals surface area contributed by atoms with Crippen molar-refractivity contribution in [2.45, 2.75) is 90.9 Å². The van der Waals surface area contributed by atoms with Crippen LogP contribution in [0.3, 0.4) is 0 Å². The first-order valence-corrected chi connectivity index (χ1v) is 7.92. The summed E-state index contributed by atoms with van der Waals surface area (Å²) >= 11 is 0. The van der Waals surface area contributed by atoms with Gasteiger partial charge in [-0.05, 0) is 18.8 Å². The van der Waals surface area contributed by atoms with Gasteiger partial charge in [0.2, 0.25) is 0 Å². The lowest BCUT2D eigenvalue weighted by Gasteiger charge is -2.09. The zero-order valence-corrected chi connectivity index (χ0v) is 12.3. The molecule has 0 saturated carbocycles. The van der Waals surface area contributed by atoms with Crippen LogP contribution in [0.15, 0.2) is 12.7 Å². The first-order valence-electron chi connectivity index (χ1n) is 7.92. The Balaban J connectivity index is 3.04. The summed E-state index contributed by atoms with van der Waals surface area (Å²) in [5.41, 5.74) is 0. The van der Waals surface area contributed by atoms with Crippen molar-refractivity contribution < 1.29 is 0 Å². The summed E-state index contributed by atoms with van der Waals surface area (Å²) < 4.78 is 0. The van der Waals surface area contributed by atoms with Crippen LogP contribution in [-0.2, 0) is 0 Å². The monoisotopic (exact) mass is 238 g/mol. The van der Waals surface area contributed by atoms with E-state index in [0.717, 1.165) is 5.92 Å². The number of hydrogen-bond acceptors (Lipinski definition) is 0. The lowest BCUT2D eigenvalue weighted by Crippen LogP contribution is -1.94. The minimum atomic E-state index is 0.961. The van der Waals surface area contributed by atoms with Crippen molar-refractivity contribution in [1.82, 2.24) is 0 Å². The van der Waals surface area contributed by atoms with Crippen LogP contribution in [0.25, 0.3) is 0 Å². The van der Waals surface area contributed by atoms with Crippen molar-refractivity contribution in [2.24, 2.45) is 5.92 Å². The lowest BCUT2D eigenvalue weighted by molar-refractivity contribution is 0.441. The molecule has 0 fully saturated rings. The summed E-state index contributed by atoms with van der Waals surface area (Å²) in [5.74, 6) is 0.961. The van der Waals surface area contributed by atoms with E-state index in [1.54, 1.807) is 0 Å². The molecule has 0 N–H and O–H groups in total. The van der Waals surface area contributed by atoms with Gasteiger partial charge in [0.1, 0.15) is 0 Å². The van der Waals surface area contributed by atoms with E-state index in [4.69, 9.17) is 0 Å². The Hall–Kier alpha value is -0.260. The van der Waals surface area contributed by atoms with Gasteiger partial charge in [-0.1, -0.05) is 84.1 Å². The predicted octanol–water partition coefficient (Wildman–Crippen LogP) is 6.51. The smallest absolute Gasteiger partial charge is 0.0353 e. The fourth-order valence-electron chi connectivity index (χ4n) is 2.36. The molecule has 0 saturated heterocycles. The van der Waals surface area contributed by atoms with Crippen LogP contribution >= 0.6 is 0 Å². The third kappa shape index (κ3) is 13.7. The van der Waals surface area contributed by atoms with Gasteiger partial charge < -0.3 is 0 Å². The topological polar surface area (TPSA) is 0 Å². The minimum absolute atomic E-state index is 0.961. The molecule has 0 aromatic heterocycles. The highest BCUT2D eigenvalue weighted by Gasteiger charge is 2.00. The van der Waals surface area contributed by atoms with Gasteiger partial charge in [0.25, 0.3) is 0 Å². The predicted molar refractivity (Wildman–Crippen MR) is 80.4 cm³/mol. The van der Waals surface area contributed by atoms with E-state index in [1.807, 2.05) is 6.08 Å². The first kappa shape index (κ1) is 16.7. The summed E-state index contributed by atoms with van der Waals surface area (Å²) in [6.45, 7) is 8.47. The van der Waals surface area contributed by atoms with Gasteiger partial charge in [0.05, 0.1) is 0 Å². The second kappa shape index (κ2) is 13.8. The molecule has 0 spiro atoms. The summed E-state index contributed by atoms with van der Waals surface area (Å²) in [6.07, 6.45) is 18.9. The number of hydrogen-bond donors (Lipinski definition) is 0. The quantitative estimate of drug-likeness (QED) is 0.253. The maximum atomic E-state index is 3.76. The molecule has 0 radical (unpaired) electrons. The summed E-state index contributed by atoms with van der Waals surface area (Å²) in [7, 11) is 0. The second-order valence-corrected chi connectivity index (χ2v) is 5.59. The Kier molecular flexibility index (Phi) is 13.6. The minimum Gasteiger partial charge on any atom is -0.103 e. The van der Waals surface area contributed by atoms with Crippen molar-refractivity contribution in [3.63, 3.8) is 0 Å². The Morgan fingerprint density at radius 1 is 0.824 bits per heavy atom. The van der Waals surface area contributed by atoms with Gasteiger partial charge in [-0.15, -0.1) is 6.58 Å². The fourth-order valence-corrected chi connectivity index (χ4v) is 2.36. The average Bonchev–Trinajstić information content (AvgIpc) is 2.34. The number of unbranched alkanes of at least 4 members (excludes halogenated alkanes) is 8. The maximum Gasteiger partial charge on any atom is -0.0353 e. The molecule has 0 aliphatic carbocycles. The van der Waals surface area contributed by atoms with Gasteiger partial charge in [-0.25, -0.2) is 0 Å². The normalized spacial score (nSPS) is 12.6. The van der Waals surface area contributed by atoms with Crippen LogP contribution in [0, 0.1) is 5.92 Å². The highest BCUT2D eigenvalue weighted by atomic mass is 14.1. The molecule has 0 aromatic carbocycles. The lowest BCUT2D eigenvalue weighted by atomic mass is 9.97. The first-order chi connectivity index (χ1) is 8.31. The number of allylic oxidation sites excluding steroid dienone is 1. The van der Waals surface area contributed by atoms with E-state index in [2.05, 4.69) is 20.4 Å². The third-order valence-corrected chi connectivity index (χ3v) is 3.66. The molecule has 102 valence electrons. The van der Waals surface area contributed by atoms with Gasteiger partial charge in [0, 0.05) is 0 Å². The van der Waals surface area contributed by atoms with Crippen molar-refractivity contribution in [3.8, 4) is 0 Å². The maximum absolute atomic E-state index is 3.76. The van der Waals surface area contributed by atoms with Crippen LogP contribution in [0.5, 0.6) is 0 Å². The van der Waals surface area contributed by atoms with E-state index in [0.29, 0.717) is 0 Å². The van der Waals surface area contributed by atoms with Crippen LogP contribution in [0.2, 0.25) is 0 Å². The standard InChI is InChI=1S/C17H34/c1-4-6-8-9-10-11-12-13-14-16-17(3)15-7-5-2/h4,17H,1,5-16H2,2-3H3. The molecule has 0 bridgehead atoms. The molecule has 0 aromatic rings. The van der Waals surface area contributed by atoms with Gasteiger partial charge in [-0.2, -0.15) is 0 Å². The van der Waals surface area contributed by atoms with Crippen molar-refractivity contribution in [3.05, 3.63) is 12.7 Å². The second-order valence-electron chi connectivity index (χ2n) is 5.59. The molecule has 0 heteroatoms. The average molecular weight is 238 g/mol. The van der Waals surface area contributed by atoms with Crippen LogP contribution < -0.4 is 0 Å². The molecule has 0 nitrogen and oxygen atoms in total. The van der Waals surface area contributed by atoms with E-state index in [1.165, 1.54) is 77.0 Å². The summed E-state index contributed by atoms with van der Waals surface area (Å²) in [4.78, 5) is 0. The SMILES string of the molecule is C=CCCCCCCCCCC(C)CCCC. The third-order valence-electron chi connectivity index (χ3n) is 3.66. The molecule has 1 atom stereocenters.